The number of hydrogen-bond donors (Lipinski definition) is 2. The van der Waals surface area contributed by atoms with Crippen LogP contribution in [0.4, 0.5) is 13.2 Å². The number of carbonyl (C=O) groups is 2. The first-order valence-corrected chi connectivity index (χ1v) is 9.07. The van der Waals surface area contributed by atoms with Gasteiger partial charge in [-0.25, -0.2) is 9.50 Å². The zero-order valence-corrected chi connectivity index (χ0v) is 16.0. The third-order valence-corrected chi connectivity index (χ3v) is 4.13. The molecule has 3 rings (SSSR count). The Labute approximate surface area is 169 Å². The van der Waals surface area contributed by atoms with Gasteiger partial charge in [0.2, 0.25) is 5.91 Å². The minimum atomic E-state index is -4.37. The summed E-state index contributed by atoms with van der Waals surface area (Å²) in [5.74, 6) is -1.02. The van der Waals surface area contributed by atoms with E-state index < -0.39 is 24.9 Å². The van der Waals surface area contributed by atoms with Crippen LogP contribution in [0.3, 0.4) is 0 Å². The van der Waals surface area contributed by atoms with Gasteiger partial charge in [-0.1, -0.05) is 0 Å². The van der Waals surface area contributed by atoms with E-state index in [0.717, 1.165) is 5.56 Å². The van der Waals surface area contributed by atoms with E-state index in [9.17, 15) is 22.8 Å². The molecule has 3 heterocycles. The standard InChI is InChI=1S/C19H19F3N6O2/c1-12-3-5-23-15(6-12)18(30)25-10-14-11-28-16(27-14)7-13(9-26-28)8-24-17(29)2-4-19(20,21)22/h3,5-7,9,11H,2,4,8,10H2,1H3,(H,24,29)(H,25,30). The van der Waals surface area contributed by atoms with Crippen molar-refractivity contribution < 1.29 is 22.8 Å². The highest BCUT2D eigenvalue weighted by Gasteiger charge is 2.27. The van der Waals surface area contributed by atoms with Crippen LogP contribution in [0.2, 0.25) is 0 Å². The molecule has 0 fully saturated rings. The molecule has 2 N–H and O–H groups in total. The van der Waals surface area contributed by atoms with Crippen LogP contribution < -0.4 is 10.6 Å². The van der Waals surface area contributed by atoms with Gasteiger partial charge in [0.1, 0.15) is 5.69 Å². The molecule has 8 nitrogen and oxygen atoms in total. The van der Waals surface area contributed by atoms with Crippen molar-refractivity contribution in [2.75, 3.05) is 0 Å². The Morgan fingerprint density at radius 3 is 2.70 bits per heavy atom. The van der Waals surface area contributed by atoms with E-state index in [2.05, 4.69) is 25.7 Å². The number of nitrogens with zero attached hydrogens (tertiary/aromatic N) is 4. The summed E-state index contributed by atoms with van der Waals surface area (Å²) in [7, 11) is 0. The largest absolute Gasteiger partial charge is 0.389 e. The van der Waals surface area contributed by atoms with Crippen LogP contribution in [0.1, 0.15) is 40.2 Å². The summed E-state index contributed by atoms with van der Waals surface area (Å²) >= 11 is 0. The summed E-state index contributed by atoms with van der Waals surface area (Å²) in [6.07, 6.45) is -1.47. The molecular formula is C19H19F3N6O2. The van der Waals surface area contributed by atoms with Crippen molar-refractivity contribution in [2.24, 2.45) is 0 Å². The fourth-order valence-electron chi connectivity index (χ4n) is 2.61. The van der Waals surface area contributed by atoms with E-state index in [-0.39, 0.29) is 19.0 Å². The Hall–Kier alpha value is -3.50. The Bertz CT molecular complexity index is 1060. The van der Waals surface area contributed by atoms with Gasteiger partial charge in [-0.05, 0) is 36.2 Å². The van der Waals surface area contributed by atoms with Crippen molar-refractivity contribution in [3.05, 3.63) is 59.3 Å². The predicted molar refractivity (Wildman–Crippen MR) is 100 cm³/mol. The number of hydrogen-bond acceptors (Lipinski definition) is 5. The van der Waals surface area contributed by atoms with Crippen LogP contribution in [0, 0.1) is 6.92 Å². The molecule has 0 saturated heterocycles. The average molecular weight is 420 g/mol. The van der Waals surface area contributed by atoms with Gasteiger partial charge in [0, 0.05) is 19.2 Å². The summed E-state index contributed by atoms with van der Waals surface area (Å²) in [6, 6.07) is 5.13. The minimum Gasteiger partial charge on any atom is -0.352 e. The van der Waals surface area contributed by atoms with Gasteiger partial charge in [0.25, 0.3) is 5.91 Å². The molecule has 0 aromatic carbocycles. The van der Waals surface area contributed by atoms with Crippen molar-refractivity contribution in [3.8, 4) is 0 Å². The van der Waals surface area contributed by atoms with E-state index in [0.29, 0.717) is 22.6 Å². The van der Waals surface area contributed by atoms with Crippen LogP contribution in [-0.2, 0) is 17.9 Å². The molecular weight excluding hydrogens is 401 g/mol. The topological polar surface area (TPSA) is 101 Å². The number of nitrogens with one attached hydrogen (secondary N) is 2. The Morgan fingerprint density at radius 1 is 1.17 bits per heavy atom. The van der Waals surface area contributed by atoms with Crippen molar-refractivity contribution in [1.82, 2.24) is 30.2 Å². The van der Waals surface area contributed by atoms with E-state index in [1.54, 1.807) is 30.6 Å². The van der Waals surface area contributed by atoms with E-state index in [4.69, 9.17) is 0 Å². The number of aromatic nitrogens is 4. The monoisotopic (exact) mass is 420 g/mol. The second kappa shape index (κ2) is 8.89. The third kappa shape index (κ3) is 6.00. The van der Waals surface area contributed by atoms with Crippen molar-refractivity contribution in [1.29, 1.82) is 0 Å². The smallest absolute Gasteiger partial charge is 0.352 e. The van der Waals surface area contributed by atoms with Crippen LogP contribution in [0.15, 0.2) is 36.8 Å². The summed E-state index contributed by atoms with van der Waals surface area (Å²) in [6.45, 7) is 2.07. The number of halogens is 3. The molecule has 158 valence electrons. The maximum atomic E-state index is 12.2. The van der Waals surface area contributed by atoms with Crippen LogP contribution in [-0.4, -0.2) is 37.6 Å². The first-order valence-electron chi connectivity index (χ1n) is 9.07. The van der Waals surface area contributed by atoms with Crippen molar-refractivity contribution >= 4 is 17.5 Å². The lowest BCUT2D eigenvalue weighted by Gasteiger charge is -2.07. The molecule has 2 amide bonds. The van der Waals surface area contributed by atoms with Crippen LogP contribution in [0.5, 0.6) is 0 Å². The summed E-state index contributed by atoms with van der Waals surface area (Å²) in [5.41, 5.74) is 2.86. The molecule has 0 saturated carbocycles. The van der Waals surface area contributed by atoms with Crippen LogP contribution >= 0.6 is 0 Å². The zero-order valence-electron chi connectivity index (χ0n) is 16.0. The van der Waals surface area contributed by atoms with Crippen molar-refractivity contribution in [2.45, 2.75) is 39.0 Å². The Balaban J connectivity index is 1.56. The van der Waals surface area contributed by atoms with Gasteiger partial charge >= 0.3 is 6.18 Å². The van der Waals surface area contributed by atoms with Gasteiger partial charge in [0.05, 0.1) is 31.1 Å². The van der Waals surface area contributed by atoms with Crippen molar-refractivity contribution in [3.63, 3.8) is 0 Å². The SMILES string of the molecule is Cc1ccnc(C(=O)NCc2cn3ncc(CNC(=O)CCC(F)(F)F)cc3n2)c1. The second-order valence-corrected chi connectivity index (χ2v) is 6.69. The van der Waals surface area contributed by atoms with Gasteiger partial charge in [0.15, 0.2) is 5.65 Å². The second-order valence-electron chi connectivity index (χ2n) is 6.69. The highest BCUT2D eigenvalue weighted by Crippen LogP contribution is 2.21. The maximum Gasteiger partial charge on any atom is 0.389 e. The zero-order chi connectivity index (χ0) is 21.7. The summed E-state index contributed by atoms with van der Waals surface area (Å²) < 4.78 is 38.0. The Morgan fingerprint density at radius 2 is 1.97 bits per heavy atom. The molecule has 0 radical (unpaired) electrons. The van der Waals surface area contributed by atoms with Gasteiger partial charge in [-0.15, -0.1) is 0 Å². The first-order chi connectivity index (χ1) is 14.2. The number of carbonyl (C=O) groups excluding carboxylic acids is 2. The molecule has 3 aromatic rings. The number of rotatable bonds is 7. The number of pyridine rings is 1. The summed E-state index contributed by atoms with van der Waals surface area (Å²) in [5, 5.41) is 9.32. The minimum absolute atomic E-state index is 0.0398. The number of aryl methyl sites for hydroxylation is 1. The van der Waals surface area contributed by atoms with E-state index >= 15 is 0 Å². The molecule has 30 heavy (non-hydrogen) atoms. The molecule has 0 atom stereocenters. The lowest BCUT2D eigenvalue weighted by molar-refractivity contribution is -0.144. The number of amides is 2. The fourth-order valence-corrected chi connectivity index (χ4v) is 2.61. The van der Waals surface area contributed by atoms with Gasteiger partial charge in [-0.2, -0.15) is 18.3 Å². The van der Waals surface area contributed by atoms with E-state index in [1.165, 1.54) is 10.7 Å². The molecule has 0 unspecified atom stereocenters. The molecule has 0 spiro atoms. The molecule has 0 aliphatic heterocycles. The normalized spacial score (nSPS) is 11.5. The highest BCUT2D eigenvalue weighted by atomic mass is 19.4. The first kappa shape index (κ1) is 21.2. The number of alkyl halides is 3. The molecule has 3 aromatic heterocycles. The quantitative estimate of drug-likeness (QED) is 0.611. The van der Waals surface area contributed by atoms with Gasteiger partial charge < -0.3 is 10.6 Å². The molecule has 0 bridgehead atoms. The van der Waals surface area contributed by atoms with Gasteiger partial charge in [-0.3, -0.25) is 14.6 Å². The van der Waals surface area contributed by atoms with Crippen LogP contribution in [0.25, 0.3) is 5.65 Å². The fraction of sp³-hybridized carbons (Fsp3) is 0.316. The Kier molecular flexibility index (Phi) is 6.28. The lowest BCUT2D eigenvalue weighted by atomic mass is 10.2. The molecule has 0 aliphatic carbocycles. The number of fused-ring (bicyclic) bond motifs is 1. The molecule has 0 aliphatic rings. The lowest BCUT2D eigenvalue weighted by Crippen LogP contribution is -2.24. The predicted octanol–water partition coefficient (Wildman–Crippen LogP) is 2.32. The third-order valence-electron chi connectivity index (χ3n) is 4.13. The average Bonchev–Trinajstić information content (AvgIpc) is 3.10. The molecule has 11 heteroatoms. The maximum absolute atomic E-state index is 12.2. The highest BCUT2D eigenvalue weighted by molar-refractivity contribution is 5.92. The summed E-state index contributed by atoms with van der Waals surface area (Å²) in [4.78, 5) is 32.1. The van der Waals surface area contributed by atoms with E-state index in [1.807, 2.05) is 6.92 Å². The number of imidazole rings is 1.